The fourth-order valence-electron chi connectivity index (χ4n) is 2.54. The minimum absolute atomic E-state index is 0.288. The van der Waals surface area contributed by atoms with Crippen molar-refractivity contribution in [1.82, 2.24) is 30.4 Å². The van der Waals surface area contributed by atoms with E-state index in [9.17, 15) is 0 Å². The summed E-state index contributed by atoms with van der Waals surface area (Å²) in [7, 11) is 0. The molecular weight excluding hydrogens is 358 g/mol. The van der Waals surface area contributed by atoms with Gasteiger partial charge in [0.15, 0.2) is 10.2 Å². The third-order valence-electron chi connectivity index (χ3n) is 3.77. The summed E-state index contributed by atoms with van der Waals surface area (Å²) >= 11 is 3.11. The van der Waals surface area contributed by atoms with Gasteiger partial charge >= 0.3 is 0 Å². The Morgan fingerprint density at radius 3 is 3.00 bits per heavy atom. The molecule has 25 heavy (non-hydrogen) atoms. The third-order valence-corrected chi connectivity index (χ3v) is 5.78. The van der Waals surface area contributed by atoms with Crippen molar-refractivity contribution in [2.24, 2.45) is 0 Å². The Labute approximate surface area is 153 Å². The number of hydrogen-bond acceptors (Lipinski definition) is 9. The molecule has 0 spiro atoms. The predicted molar refractivity (Wildman–Crippen MR) is 96.1 cm³/mol. The number of hydrogen-bond donors (Lipinski definition) is 1. The summed E-state index contributed by atoms with van der Waals surface area (Å²) in [6.45, 7) is 1.64. The quantitative estimate of drug-likeness (QED) is 0.630. The fraction of sp³-hybridized carbons (Fsp3) is 0.400. The van der Waals surface area contributed by atoms with E-state index in [0.717, 1.165) is 47.0 Å². The molecule has 1 saturated heterocycles. The topological polar surface area (TPSA) is 90.6 Å². The number of ether oxygens (including phenoxy) is 1. The molecule has 1 atom stereocenters. The zero-order chi connectivity index (χ0) is 16.9. The maximum atomic E-state index is 5.60. The van der Waals surface area contributed by atoms with Gasteiger partial charge in [-0.25, -0.2) is 0 Å². The van der Waals surface area contributed by atoms with E-state index in [1.807, 2.05) is 30.3 Å². The lowest BCUT2D eigenvalue weighted by molar-refractivity contribution is 0.120. The molecule has 1 aliphatic heterocycles. The number of thioether (sulfide) groups is 1. The van der Waals surface area contributed by atoms with Crippen LogP contribution >= 0.6 is 23.1 Å². The molecule has 130 valence electrons. The first-order valence-electron chi connectivity index (χ1n) is 8.03. The van der Waals surface area contributed by atoms with E-state index < -0.39 is 0 Å². The second-order valence-corrected chi connectivity index (χ2v) is 7.72. The number of aromatic nitrogens is 6. The van der Waals surface area contributed by atoms with Crippen molar-refractivity contribution in [3.05, 3.63) is 36.2 Å². The summed E-state index contributed by atoms with van der Waals surface area (Å²) in [6.07, 6.45) is 2.53. The van der Waals surface area contributed by atoms with Crippen molar-refractivity contribution in [1.29, 1.82) is 0 Å². The average molecular weight is 375 g/mol. The summed E-state index contributed by atoms with van der Waals surface area (Å²) in [4.78, 5) is 0. The zero-order valence-electron chi connectivity index (χ0n) is 13.4. The number of nitrogens with zero attached hydrogens (tertiary/aromatic N) is 6. The van der Waals surface area contributed by atoms with Crippen LogP contribution < -0.4 is 5.32 Å². The Morgan fingerprint density at radius 2 is 2.16 bits per heavy atom. The highest BCUT2D eigenvalue weighted by atomic mass is 32.2. The van der Waals surface area contributed by atoms with Gasteiger partial charge in [0.05, 0.1) is 17.5 Å². The van der Waals surface area contributed by atoms with Crippen LogP contribution in [0.3, 0.4) is 0 Å². The molecule has 3 heterocycles. The van der Waals surface area contributed by atoms with Crippen LogP contribution in [0.1, 0.15) is 18.7 Å². The van der Waals surface area contributed by atoms with E-state index in [1.54, 1.807) is 16.4 Å². The molecule has 8 nitrogen and oxygen atoms in total. The molecule has 10 heteroatoms. The number of tetrazole rings is 1. The van der Waals surface area contributed by atoms with Crippen LogP contribution in [0.15, 0.2) is 34.7 Å². The largest absolute Gasteiger partial charge is 0.376 e. The molecule has 1 aromatic carbocycles. The highest BCUT2D eigenvalue weighted by molar-refractivity contribution is 8.00. The van der Waals surface area contributed by atoms with Crippen LogP contribution in [0, 0.1) is 0 Å². The summed E-state index contributed by atoms with van der Waals surface area (Å²) in [5.74, 6) is 1.41. The third kappa shape index (κ3) is 4.14. The van der Waals surface area contributed by atoms with Gasteiger partial charge < -0.3 is 10.1 Å². The molecule has 0 bridgehead atoms. The van der Waals surface area contributed by atoms with Crippen molar-refractivity contribution in [3.8, 4) is 5.69 Å². The van der Waals surface area contributed by atoms with Gasteiger partial charge in [-0.1, -0.05) is 41.3 Å². The second-order valence-electron chi connectivity index (χ2n) is 5.52. The van der Waals surface area contributed by atoms with Gasteiger partial charge in [0.25, 0.3) is 0 Å². The van der Waals surface area contributed by atoms with Crippen LogP contribution in [-0.2, 0) is 10.5 Å². The maximum Gasteiger partial charge on any atom is 0.206 e. The first kappa shape index (κ1) is 16.4. The number of rotatable bonds is 7. The molecule has 2 aromatic heterocycles. The van der Waals surface area contributed by atoms with E-state index in [-0.39, 0.29) is 6.10 Å². The first-order valence-corrected chi connectivity index (χ1v) is 9.83. The molecule has 1 N–H and O–H groups in total. The predicted octanol–water partition coefficient (Wildman–Crippen LogP) is 2.40. The number of para-hydroxylation sites is 1. The SMILES string of the molecule is c1ccc(-n2nnnc2CSc2nnc(NC[C@@H]3CCCO3)s2)cc1. The maximum absolute atomic E-state index is 5.60. The molecule has 0 saturated carbocycles. The van der Waals surface area contributed by atoms with E-state index in [4.69, 9.17) is 4.74 Å². The molecule has 3 aromatic rings. The average Bonchev–Trinajstić information content (AvgIpc) is 3.40. The lowest BCUT2D eigenvalue weighted by Gasteiger charge is -2.08. The van der Waals surface area contributed by atoms with Gasteiger partial charge in [-0.05, 0) is 35.4 Å². The monoisotopic (exact) mass is 375 g/mol. The van der Waals surface area contributed by atoms with Gasteiger partial charge in [0.2, 0.25) is 5.13 Å². The lowest BCUT2D eigenvalue weighted by Crippen LogP contribution is -2.18. The van der Waals surface area contributed by atoms with Crippen molar-refractivity contribution < 1.29 is 4.74 Å². The Bertz CT molecular complexity index is 801. The van der Waals surface area contributed by atoms with E-state index >= 15 is 0 Å². The summed E-state index contributed by atoms with van der Waals surface area (Å²) in [6, 6.07) is 9.84. The van der Waals surface area contributed by atoms with Gasteiger partial charge in [-0.2, -0.15) is 4.68 Å². The van der Waals surface area contributed by atoms with Gasteiger partial charge in [0.1, 0.15) is 0 Å². The summed E-state index contributed by atoms with van der Waals surface area (Å²) in [5.41, 5.74) is 0.944. The number of nitrogens with one attached hydrogen (secondary N) is 1. The minimum atomic E-state index is 0.288. The molecule has 1 fully saturated rings. The number of benzene rings is 1. The molecule has 4 rings (SSSR count). The Balaban J connectivity index is 1.34. The minimum Gasteiger partial charge on any atom is -0.376 e. The van der Waals surface area contributed by atoms with Crippen molar-refractivity contribution >= 4 is 28.2 Å². The van der Waals surface area contributed by atoms with Crippen LogP contribution in [0.2, 0.25) is 0 Å². The van der Waals surface area contributed by atoms with E-state index in [2.05, 4.69) is 31.0 Å². The summed E-state index contributed by atoms with van der Waals surface area (Å²) in [5, 5.41) is 24.5. The standard InChI is InChI=1S/C15H17N7OS2/c1-2-5-11(6-3-1)22-13(17-20-21-22)10-24-15-19-18-14(25-15)16-9-12-7-4-8-23-12/h1-3,5-6,12H,4,7-10H2,(H,16,18)/t12-/m0/s1. The van der Waals surface area contributed by atoms with Crippen LogP contribution in [0.5, 0.6) is 0 Å². The Hall–Kier alpha value is -2.04. The van der Waals surface area contributed by atoms with Crippen molar-refractivity contribution in [3.63, 3.8) is 0 Å². The lowest BCUT2D eigenvalue weighted by atomic mass is 10.2. The fourth-order valence-corrected chi connectivity index (χ4v) is 4.20. The van der Waals surface area contributed by atoms with Crippen LogP contribution in [0.25, 0.3) is 5.69 Å². The molecule has 0 unspecified atom stereocenters. The van der Waals surface area contributed by atoms with Crippen molar-refractivity contribution in [2.75, 3.05) is 18.5 Å². The van der Waals surface area contributed by atoms with Gasteiger partial charge in [-0.15, -0.1) is 15.3 Å². The Morgan fingerprint density at radius 1 is 1.24 bits per heavy atom. The van der Waals surface area contributed by atoms with Crippen LogP contribution in [-0.4, -0.2) is 49.7 Å². The smallest absolute Gasteiger partial charge is 0.206 e. The molecular formula is C15H17N7OS2. The first-order chi connectivity index (χ1) is 12.4. The highest BCUT2D eigenvalue weighted by Crippen LogP contribution is 2.28. The highest BCUT2D eigenvalue weighted by Gasteiger charge is 2.16. The molecule has 0 radical (unpaired) electrons. The molecule has 0 aliphatic carbocycles. The molecule has 1 aliphatic rings. The van der Waals surface area contributed by atoms with Crippen molar-refractivity contribution in [2.45, 2.75) is 29.0 Å². The van der Waals surface area contributed by atoms with Crippen LogP contribution in [0.4, 0.5) is 5.13 Å². The zero-order valence-corrected chi connectivity index (χ0v) is 15.0. The van der Waals surface area contributed by atoms with E-state index in [0.29, 0.717) is 5.75 Å². The van der Waals surface area contributed by atoms with Gasteiger partial charge in [0, 0.05) is 13.2 Å². The van der Waals surface area contributed by atoms with E-state index in [1.165, 1.54) is 11.3 Å². The van der Waals surface area contributed by atoms with Gasteiger partial charge in [-0.3, -0.25) is 0 Å². The number of anilines is 1. The molecule has 0 amide bonds. The normalized spacial score (nSPS) is 17.0. The summed E-state index contributed by atoms with van der Waals surface area (Å²) < 4.78 is 8.22. The second kappa shape index (κ2) is 7.89. The Kier molecular flexibility index (Phi) is 5.19.